The number of nitrogens with zero attached hydrogens (tertiary/aromatic N) is 4. The van der Waals surface area contributed by atoms with Crippen LogP contribution in [0, 0.1) is 0 Å². The fourth-order valence-electron chi connectivity index (χ4n) is 2.20. The summed E-state index contributed by atoms with van der Waals surface area (Å²) in [7, 11) is 0. The van der Waals surface area contributed by atoms with Crippen LogP contribution in [0.1, 0.15) is 0 Å². The lowest BCUT2D eigenvalue weighted by molar-refractivity contribution is -0.274. The number of rotatable bonds is 2. The van der Waals surface area contributed by atoms with Gasteiger partial charge in [-0.25, -0.2) is 4.79 Å². The number of benzene rings is 1. The predicted molar refractivity (Wildman–Crippen MR) is 75.3 cm³/mol. The summed E-state index contributed by atoms with van der Waals surface area (Å²) in [5, 5.41) is 7.98. The number of carbonyl (C=O) groups is 1. The van der Waals surface area contributed by atoms with Gasteiger partial charge < -0.3 is 14.4 Å². The molecule has 7 nitrogen and oxygen atoms in total. The minimum Gasteiger partial charge on any atom is -0.406 e. The van der Waals surface area contributed by atoms with Gasteiger partial charge in [0, 0.05) is 18.7 Å². The maximum Gasteiger partial charge on any atom is 0.573 e. The average Bonchev–Trinajstić information content (AvgIpc) is 3.04. The molecule has 0 aliphatic carbocycles. The van der Waals surface area contributed by atoms with Crippen molar-refractivity contribution in [3.63, 3.8) is 0 Å². The molecule has 0 spiro atoms. The van der Waals surface area contributed by atoms with Crippen molar-refractivity contribution in [2.75, 3.05) is 26.3 Å². The molecule has 2 aromatic rings. The van der Waals surface area contributed by atoms with Crippen LogP contribution in [0.15, 0.2) is 30.5 Å². The summed E-state index contributed by atoms with van der Waals surface area (Å²) in [6.45, 7) is 1.83. The van der Waals surface area contributed by atoms with E-state index in [9.17, 15) is 18.0 Å². The van der Waals surface area contributed by atoms with Crippen LogP contribution in [0.4, 0.5) is 18.0 Å². The van der Waals surface area contributed by atoms with E-state index in [1.807, 2.05) is 0 Å². The molecular weight excluding hydrogens is 329 g/mol. The standard InChI is InChI=1S/C14H13F3N4O3/c15-14(16,17)24-11-3-1-10(2-4-11)12-9-18-21(19-12)13(22)20-5-7-23-8-6-20/h1-4,9H,5-8H2. The van der Waals surface area contributed by atoms with E-state index in [0.717, 1.165) is 4.80 Å². The van der Waals surface area contributed by atoms with Crippen molar-refractivity contribution in [2.24, 2.45) is 0 Å². The largest absolute Gasteiger partial charge is 0.573 e. The molecule has 1 aliphatic rings. The smallest absolute Gasteiger partial charge is 0.406 e. The van der Waals surface area contributed by atoms with Crippen LogP contribution in [0.3, 0.4) is 0 Å². The Kier molecular flexibility index (Phi) is 4.38. The highest BCUT2D eigenvalue weighted by Crippen LogP contribution is 2.25. The fourth-order valence-corrected chi connectivity index (χ4v) is 2.20. The molecule has 3 rings (SSSR count). The van der Waals surface area contributed by atoms with Crippen LogP contribution in [-0.4, -0.2) is 58.6 Å². The van der Waals surface area contributed by atoms with Gasteiger partial charge in [0.15, 0.2) is 0 Å². The molecule has 1 amide bonds. The van der Waals surface area contributed by atoms with Gasteiger partial charge in [-0.05, 0) is 24.3 Å². The Morgan fingerprint density at radius 1 is 1.17 bits per heavy atom. The Balaban J connectivity index is 1.72. The second-order valence-corrected chi connectivity index (χ2v) is 4.97. The molecule has 0 saturated carbocycles. The average molecular weight is 342 g/mol. The molecule has 1 saturated heterocycles. The van der Waals surface area contributed by atoms with Gasteiger partial charge >= 0.3 is 12.4 Å². The summed E-state index contributed by atoms with van der Waals surface area (Å²) in [5.74, 6) is -0.331. The molecular formula is C14H13F3N4O3. The van der Waals surface area contributed by atoms with Crippen LogP contribution in [0.25, 0.3) is 11.3 Å². The summed E-state index contributed by atoms with van der Waals surface area (Å²) >= 11 is 0. The van der Waals surface area contributed by atoms with Crippen molar-refractivity contribution < 1.29 is 27.4 Å². The summed E-state index contributed by atoms with van der Waals surface area (Å²) < 4.78 is 45.4. The number of carbonyl (C=O) groups excluding carboxylic acids is 1. The number of ether oxygens (including phenoxy) is 2. The molecule has 0 N–H and O–H groups in total. The lowest BCUT2D eigenvalue weighted by Crippen LogP contribution is -2.43. The number of aromatic nitrogens is 3. The second kappa shape index (κ2) is 6.48. The molecule has 1 aromatic heterocycles. The monoisotopic (exact) mass is 342 g/mol. The predicted octanol–water partition coefficient (Wildman–Crippen LogP) is 2.14. The number of hydrogen-bond donors (Lipinski definition) is 0. The van der Waals surface area contributed by atoms with Crippen LogP contribution in [0.2, 0.25) is 0 Å². The molecule has 0 unspecified atom stereocenters. The number of alkyl halides is 3. The lowest BCUT2D eigenvalue weighted by atomic mass is 10.2. The van der Waals surface area contributed by atoms with Crippen LogP contribution in [0.5, 0.6) is 5.75 Å². The van der Waals surface area contributed by atoms with E-state index in [1.54, 1.807) is 4.90 Å². The van der Waals surface area contributed by atoms with Gasteiger partial charge in [-0.15, -0.1) is 18.3 Å². The Hall–Kier alpha value is -2.62. The highest BCUT2D eigenvalue weighted by Gasteiger charge is 2.31. The van der Waals surface area contributed by atoms with Gasteiger partial charge in [0.25, 0.3) is 0 Å². The Labute approximate surface area is 134 Å². The van der Waals surface area contributed by atoms with Crippen molar-refractivity contribution in [2.45, 2.75) is 6.36 Å². The minimum absolute atomic E-state index is 0.331. The van der Waals surface area contributed by atoms with Crippen molar-refractivity contribution in [3.05, 3.63) is 30.5 Å². The van der Waals surface area contributed by atoms with Crippen molar-refractivity contribution in [1.82, 2.24) is 19.9 Å². The summed E-state index contributed by atoms with van der Waals surface area (Å²) in [6.07, 6.45) is -3.37. The summed E-state index contributed by atoms with van der Waals surface area (Å²) in [4.78, 5) is 14.7. The summed E-state index contributed by atoms with van der Waals surface area (Å²) in [5.41, 5.74) is 0.890. The van der Waals surface area contributed by atoms with E-state index in [2.05, 4.69) is 14.9 Å². The zero-order valence-corrected chi connectivity index (χ0v) is 12.4. The lowest BCUT2D eigenvalue weighted by Gasteiger charge is -2.25. The summed E-state index contributed by atoms with van der Waals surface area (Å²) in [6, 6.07) is 4.79. The first-order valence-corrected chi connectivity index (χ1v) is 7.08. The Morgan fingerprint density at radius 3 is 2.46 bits per heavy atom. The molecule has 0 bridgehead atoms. The zero-order valence-electron chi connectivity index (χ0n) is 12.4. The number of amides is 1. The topological polar surface area (TPSA) is 69.5 Å². The number of hydrogen-bond acceptors (Lipinski definition) is 5. The highest BCUT2D eigenvalue weighted by atomic mass is 19.4. The van der Waals surface area contributed by atoms with Gasteiger partial charge in [0.2, 0.25) is 0 Å². The molecule has 0 atom stereocenters. The molecule has 1 aromatic carbocycles. The van der Waals surface area contributed by atoms with E-state index < -0.39 is 6.36 Å². The maximum absolute atomic E-state index is 12.2. The van der Waals surface area contributed by atoms with Gasteiger partial charge in [0.1, 0.15) is 11.4 Å². The van der Waals surface area contributed by atoms with E-state index in [4.69, 9.17) is 4.74 Å². The Bertz CT molecular complexity index is 709. The second-order valence-electron chi connectivity index (χ2n) is 4.97. The maximum atomic E-state index is 12.2. The Morgan fingerprint density at radius 2 is 1.83 bits per heavy atom. The molecule has 1 aliphatic heterocycles. The molecule has 0 radical (unpaired) electrons. The number of morpholine rings is 1. The molecule has 1 fully saturated rings. The third-order valence-corrected chi connectivity index (χ3v) is 3.33. The van der Waals surface area contributed by atoms with Gasteiger partial charge in [-0.3, -0.25) is 0 Å². The fraction of sp³-hybridized carbons (Fsp3) is 0.357. The van der Waals surface area contributed by atoms with E-state index in [0.29, 0.717) is 37.6 Å². The molecule has 24 heavy (non-hydrogen) atoms. The number of halogens is 3. The van der Waals surface area contributed by atoms with Crippen molar-refractivity contribution in [1.29, 1.82) is 0 Å². The third kappa shape index (κ3) is 3.82. The van der Waals surface area contributed by atoms with Crippen molar-refractivity contribution >= 4 is 6.03 Å². The normalized spacial score (nSPS) is 15.4. The highest BCUT2D eigenvalue weighted by molar-refractivity contribution is 5.75. The third-order valence-electron chi connectivity index (χ3n) is 3.33. The van der Waals surface area contributed by atoms with E-state index in [-0.39, 0.29) is 11.8 Å². The van der Waals surface area contributed by atoms with Crippen LogP contribution >= 0.6 is 0 Å². The first-order chi connectivity index (χ1) is 11.4. The molecule has 10 heteroatoms. The van der Waals surface area contributed by atoms with E-state index >= 15 is 0 Å². The SMILES string of the molecule is O=C(N1CCOCC1)n1ncc(-c2ccc(OC(F)(F)F)cc2)n1. The van der Waals surface area contributed by atoms with Gasteiger partial charge in [0.05, 0.1) is 19.4 Å². The van der Waals surface area contributed by atoms with Crippen LogP contribution in [-0.2, 0) is 4.74 Å². The first kappa shape index (κ1) is 16.2. The van der Waals surface area contributed by atoms with Gasteiger partial charge in [-0.1, -0.05) is 4.80 Å². The zero-order chi connectivity index (χ0) is 17.2. The molecule has 128 valence electrons. The minimum atomic E-state index is -4.74. The van der Waals surface area contributed by atoms with E-state index in [1.165, 1.54) is 30.5 Å². The van der Waals surface area contributed by atoms with Gasteiger partial charge in [-0.2, -0.15) is 5.10 Å². The van der Waals surface area contributed by atoms with Crippen LogP contribution < -0.4 is 4.74 Å². The first-order valence-electron chi connectivity index (χ1n) is 7.08. The quantitative estimate of drug-likeness (QED) is 0.836. The van der Waals surface area contributed by atoms with Crippen molar-refractivity contribution in [3.8, 4) is 17.0 Å². The molecule has 2 heterocycles.